The third kappa shape index (κ3) is 2.43. The van der Waals surface area contributed by atoms with E-state index >= 15 is 0 Å². The average Bonchev–Trinajstić information content (AvgIpc) is 2.91. The van der Waals surface area contributed by atoms with Crippen LogP contribution in [0.1, 0.15) is 43.7 Å². The summed E-state index contributed by atoms with van der Waals surface area (Å²) in [6, 6.07) is 8.73. The smallest absolute Gasteiger partial charge is 0.0297 e. The van der Waals surface area contributed by atoms with Gasteiger partial charge in [-0.2, -0.15) is 0 Å². The number of nitrogens with two attached hydrogens (primary N) is 1. The van der Waals surface area contributed by atoms with Gasteiger partial charge in [-0.05, 0) is 61.1 Å². The first-order valence-corrected chi connectivity index (χ1v) is 7.52. The summed E-state index contributed by atoms with van der Waals surface area (Å²) in [5.74, 6) is 2.91. The topological polar surface area (TPSA) is 26.0 Å². The normalized spacial score (nSPS) is 32.9. The van der Waals surface area contributed by atoms with Crippen LogP contribution in [0.3, 0.4) is 0 Å². The first-order valence-electron chi connectivity index (χ1n) is 6.73. The third-order valence-electron chi connectivity index (χ3n) is 4.74. The SMILES string of the molecule is NC(CC1CC2CCC1C2)c1ccc(Br)cc1. The van der Waals surface area contributed by atoms with Gasteiger partial charge in [0.1, 0.15) is 0 Å². The summed E-state index contributed by atoms with van der Waals surface area (Å²) in [5.41, 5.74) is 7.63. The number of hydrogen-bond acceptors (Lipinski definition) is 1. The molecule has 0 amide bonds. The van der Waals surface area contributed by atoms with E-state index < -0.39 is 0 Å². The number of fused-ring (bicyclic) bond motifs is 2. The Bertz CT molecular complexity index is 386. The fourth-order valence-corrected chi connectivity index (χ4v) is 4.10. The van der Waals surface area contributed by atoms with Gasteiger partial charge in [0.05, 0.1) is 0 Å². The maximum Gasteiger partial charge on any atom is 0.0297 e. The molecule has 0 aromatic heterocycles. The van der Waals surface area contributed by atoms with E-state index in [-0.39, 0.29) is 6.04 Å². The molecule has 2 bridgehead atoms. The zero-order chi connectivity index (χ0) is 11.8. The average molecular weight is 294 g/mol. The van der Waals surface area contributed by atoms with Crippen LogP contribution in [-0.2, 0) is 0 Å². The van der Waals surface area contributed by atoms with Gasteiger partial charge in [0.15, 0.2) is 0 Å². The molecule has 0 radical (unpaired) electrons. The summed E-state index contributed by atoms with van der Waals surface area (Å²) in [4.78, 5) is 0. The van der Waals surface area contributed by atoms with Crippen LogP contribution >= 0.6 is 15.9 Å². The Labute approximate surface area is 112 Å². The van der Waals surface area contributed by atoms with Crippen molar-refractivity contribution in [2.45, 2.75) is 38.1 Å². The fraction of sp³-hybridized carbons (Fsp3) is 0.600. The van der Waals surface area contributed by atoms with E-state index in [9.17, 15) is 0 Å². The summed E-state index contributed by atoms with van der Waals surface area (Å²) < 4.78 is 1.13. The first kappa shape index (κ1) is 11.7. The van der Waals surface area contributed by atoms with Gasteiger partial charge in [0.25, 0.3) is 0 Å². The maximum atomic E-state index is 6.34. The second kappa shape index (κ2) is 4.74. The molecule has 2 N–H and O–H groups in total. The second-order valence-electron chi connectivity index (χ2n) is 5.83. The van der Waals surface area contributed by atoms with Crippen LogP contribution < -0.4 is 5.73 Å². The minimum atomic E-state index is 0.229. The first-order chi connectivity index (χ1) is 8.22. The lowest BCUT2D eigenvalue weighted by atomic mass is 9.83. The molecule has 92 valence electrons. The van der Waals surface area contributed by atoms with Crippen LogP contribution in [0.25, 0.3) is 0 Å². The standard InChI is InChI=1S/C15H20BrN/c16-14-5-3-11(4-6-14)15(17)9-13-8-10-1-2-12(13)7-10/h3-6,10,12-13,15H,1-2,7-9,17H2. The molecule has 0 saturated heterocycles. The molecule has 17 heavy (non-hydrogen) atoms. The van der Waals surface area contributed by atoms with E-state index in [1.807, 2.05) is 0 Å². The molecule has 0 heterocycles. The lowest BCUT2D eigenvalue weighted by molar-refractivity contribution is 0.296. The van der Waals surface area contributed by atoms with Crippen LogP contribution in [0.2, 0.25) is 0 Å². The molecule has 0 spiro atoms. The second-order valence-corrected chi connectivity index (χ2v) is 6.74. The predicted molar refractivity (Wildman–Crippen MR) is 74.6 cm³/mol. The number of rotatable bonds is 3. The summed E-state index contributed by atoms with van der Waals surface area (Å²) in [7, 11) is 0. The summed E-state index contributed by atoms with van der Waals surface area (Å²) in [6.45, 7) is 0. The predicted octanol–water partition coefficient (Wildman–Crippen LogP) is 4.28. The molecule has 2 aliphatic carbocycles. The van der Waals surface area contributed by atoms with Crippen molar-refractivity contribution < 1.29 is 0 Å². The molecule has 1 aromatic rings. The summed E-state index contributed by atoms with van der Waals surface area (Å²) >= 11 is 3.47. The van der Waals surface area contributed by atoms with E-state index in [0.29, 0.717) is 0 Å². The Morgan fingerprint density at radius 3 is 2.53 bits per heavy atom. The van der Waals surface area contributed by atoms with Crippen LogP contribution in [-0.4, -0.2) is 0 Å². The minimum Gasteiger partial charge on any atom is -0.324 e. The highest BCUT2D eigenvalue weighted by Gasteiger charge is 2.39. The Balaban J connectivity index is 1.63. The van der Waals surface area contributed by atoms with Crippen LogP contribution in [0.15, 0.2) is 28.7 Å². The quantitative estimate of drug-likeness (QED) is 0.885. The molecule has 4 unspecified atom stereocenters. The van der Waals surface area contributed by atoms with E-state index in [1.54, 1.807) is 0 Å². The summed E-state index contributed by atoms with van der Waals surface area (Å²) in [5, 5.41) is 0. The summed E-state index contributed by atoms with van der Waals surface area (Å²) in [6.07, 6.45) is 7.05. The van der Waals surface area contributed by atoms with E-state index in [0.717, 1.165) is 22.2 Å². The molecule has 2 saturated carbocycles. The molecular weight excluding hydrogens is 274 g/mol. The molecule has 2 aliphatic rings. The zero-order valence-electron chi connectivity index (χ0n) is 10.1. The highest BCUT2D eigenvalue weighted by molar-refractivity contribution is 9.10. The van der Waals surface area contributed by atoms with Gasteiger partial charge in [0, 0.05) is 10.5 Å². The van der Waals surface area contributed by atoms with Gasteiger partial charge in [-0.25, -0.2) is 0 Å². The molecule has 1 nitrogen and oxygen atoms in total. The highest BCUT2D eigenvalue weighted by atomic mass is 79.9. The van der Waals surface area contributed by atoms with Gasteiger partial charge >= 0.3 is 0 Å². The highest BCUT2D eigenvalue weighted by Crippen LogP contribution is 2.50. The molecule has 2 heteroatoms. The number of halogens is 1. The Kier molecular flexibility index (Phi) is 3.27. The van der Waals surface area contributed by atoms with Crippen molar-refractivity contribution in [2.24, 2.45) is 23.5 Å². The molecular formula is C15H20BrN. The number of hydrogen-bond donors (Lipinski definition) is 1. The molecule has 1 aromatic carbocycles. The Morgan fingerprint density at radius 1 is 1.18 bits per heavy atom. The molecule has 0 aliphatic heterocycles. The molecule has 4 atom stereocenters. The molecule has 3 rings (SSSR count). The number of benzene rings is 1. The van der Waals surface area contributed by atoms with Crippen LogP contribution in [0, 0.1) is 17.8 Å². The largest absolute Gasteiger partial charge is 0.324 e. The van der Waals surface area contributed by atoms with Crippen molar-refractivity contribution in [1.29, 1.82) is 0 Å². The van der Waals surface area contributed by atoms with Gasteiger partial charge < -0.3 is 5.73 Å². The van der Waals surface area contributed by atoms with Crippen molar-refractivity contribution in [3.8, 4) is 0 Å². The zero-order valence-corrected chi connectivity index (χ0v) is 11.7. The van der Waals surface area contributed by atoms with E-state index in [1.165, 1.54) is 37.7 Å². The van der Waals surface area contributed by atoms with E-state index in [2.05, 4.69) is 40.2 Å². The molecule has 2 fully saturated rings. The van der Waals surface area contributed by atoms with Crippen molar-refractivity contribution in [3.05, 3.63) is 34.3 Å². The third-order valence-corrected chi connectivity index (χ3v) is 5.27. The Hall–Kier alpha value is -0.340. The minimum absolute atomic E-state index is 0.229. The fourth-order valence-electron chi connectivity index (χ4n) is 3.84. The van der Waals surface area contributed by atoms with Crippen molar-refractivity contribution in [1.82, 2.24) is 0 Å². The van der Waals surface area contributed by atoms with Crippen LogP contribution in [0.5, 0.6) is 0 Å². The van der Waals surface area contributed by atoms with Crippen molar-refractivity contribution >= 4 is 15.9 Å². The lowest BCUT2D eigenvalue weighted by Crippen LogP contribution is -2.19. The van der Waals surface area contributed by atoms with Crippen molar-refractivity contribution in [2.75, 3.05) is 0 Å². The van der Waals surface area contributed by atoms with Crippen LogP contribution in [0.4, 0.5) is 0 Å². The van der Waals surface area contributed by atoms with Gasteiger partial charge in [-0.1, -0.05) is 34.5 Å². The van der Waals surface area contributed by atoms with Crippen molar-refractivity contribution in [3.63, 3.8) is 0 Å². The Morgan fingerprint density at radius 2 is 1.94 bits per heavy atom. The lowest BCUT2D eigenvalue weighted by Gasteiger charge is -2.24. The van der Waals surface area contributed by atoms with Gasteiger partial charge in [0.2, 0.25) is 0 Å². The van der Waals surface area contributed by atoms with E-state index in [4.69, 9.17) is 5.73 Å². The van der Waals surface area contributed by atoms with Gasteiger partial charge in [-0.15, -0.1) is 0 Å². The van der Waals surface area contributed by atoms with Gasteiger partial charge in [-0.3, -0.25) is 0 Å². The maximum absolute atomic E-state index is 6.34. The monoisotopic (exact) mass is 293 g/mol.